The van der Waals surface area contributed by atoms with Crippen LogP contribution in [0.2, 0.25) is 0 Å². The van der Waals surface area contributed by atoms with E-state index in [9.17, 15) is 4.79 Å². The van der Waals surface area contributed by atoms with Gasteiger partial charge in [0.05, 0.1) is 6.54 Å². The van der Waals surface area contributed by atoms with Crippen molar-refractivity contribution in [2.24, 2.45) is 4.99 Å². The van der Waals surface area contributed by atoms with Crippen molar-refractivity contribution in [2.75, 3.05) is 18.4 Å². The highest BCUT2D eigenvalue weighted by molar-refractivity contribution is 14.0. The van der Waals surface area contributed by atoms with Crippen molar-refractivity contribution in [1.82, 2.24) is 15.6 Å². The SMILES string of the molecule is CCNC(=NCc1cccc(NC(C)=O)c1)NCCc1ccccn1.I. The molecule has 0 bridgehead atoms. The van der Waals surface area contributed by atoms with Crippen molar-refractivity contribution in [3.8, 4) is 0 Å². The molecule has 140 valence electrons. The summed E-state index contributed by atoms with van der Waals surface area (Å²) in [5, 5.41) is 9.33. The van der Waals surface area contributed by atoms with Crippen LogP contribution in [0.3, 0.4) is 0 Å². The van der Waals surface area contributed by atoms with Gasteiger partial charge in [-0.25, -0.2) is 4.99 Å². The molecule has 1 aromatic heterocycles. The Kier molecular flexibility index (Phi) is 10.3. The lowest BCUT2D eigenvalue weighted by Gasteiger charge is -2.11. The maximum Gasteiger partial charge on any atom is 0.221 e. The molecule has 6 nitrogen and oxygen atoms in total. The number of halogens is 1. The van der Waals surface area contributed by atoms with E-state index in [-0.39, 0.29) is 29.9 Å². The van der Waals surface area contributed by atoms with Crippen molar-refractivity contribution < 1.29 is 4.79 Å². The van der Waals surface area contributed by atoms with Gasteiger partial charge in [-0.05, 0) is 36.8 Å². The second-order valence-electron chi connectivity index (χ2n) is 5.57. The molecule has 0 saturated heterocycles. The molecule has 0 unspecified atom stereocenters. The van der Waals surface area contributed by atoms with E-state index in [4.69, 9.17) is 0 Å². The summed E-state index contributed by atoms with van der Waals surface area (Å²) in [7, 11) is 0. The van der Waals surface area contributed by atoms with E-state index in [2.05, 4.69) is 25.9 Å². The summed E-state index contributed by atoms with van der Waals surface area (Å²) in [5.41, 5.74) is 2.87. The molecule has 3 N–H and O–H groups in total. The predicted molar refractivity (Wildman–Crippen MR) is 117 cm³/mol. The van der Waals surface area contributed by atoms with Crippen molar-refractivity contribution in [3.05, 3.63) is 59.9 Å². The van der Waals surface area contributed by atoms with E-state index in [0.29, 0.717) is 6.54 Å². The van der Waals surface area contributed by atoms with Crippen molar-refractivity contribution >= 4 is 41.5 Å². The summed E-state index contributed by atoms with van der Waals surface area (Å²) >= 11 is 0. The Morgan fingerprint density at radius 2 is 2.00 bits per heavy atom. The molecule has 0 radical (unpaired) electrons. The lowest BCUT2D eigenvalue weighted by atomic mass is 10.2. The smallest absolute Gasteiger partial charge is 0.221 e. The average Bonchev–Trinajstić information content (AvgIpc) is 2.60. The van der Waals surface area contributed by atoms with Crippen molar-refractivity contribution in [1.29, 1.82) is 0 Å². The van der Waals surface area contributed by atoms with E-state index in [1.165, 1.54) is 6.92 Å². The van der Waals surface area contributed by atoms with Gasteiger partial charge in [0.25, 0.3) is 0 Å². The molecule has 0 aliphatic heterocycles. The number of pyridine rings is 1. The number of benzene rings is 1. The monoisotopic (exact) mass is 467 g/mol. The van der Waals surface area contributed by atoms with Gasteiger partial charge in [0, 0.05) is 44.0 Å². The number of nitrogens with one attached hydrogen (secondary N) is 3. The van der Waals surface area contributed by atoms with Crippen molar-refractivity contribution in [2.45, 2.75) is 26.8 Å². The number of amides is 1. The summed E-state index contributed by atoms with van der Waals surface area (Å²) < 4.78 is 0. The molecule has 0 aliphatic rings. The van der Waals surface area contributed by atoms with Crippen molar-refractivity contribution in [3.63, 3.8) is 0 Å². The fourth-order valence-corrected chi connectivity index (χ4v) is 2.32. The topological polar surface area (TPSA) is 78.4 Å². The zero-order valence-corrected chi connectivity index (χ0v) is 17.5. The van der Waals surface area contributed by atoms with Crippen LogP contribution in [0.1, 0.15) is 25.1 Å². The second kappa shape index (κ2) is 12.2. The maximum absolute atomic E-state index is 11.1. The van der Waals surface area contributed by atoms with Crippen LogP contribution in [-0.2, 0) is 17.8 Å². The zero-order chi connectivity index (χ0) is 17.9. The van der Waals surface area contributed by atoms with E-state index in [1.807, 2.05) is 49.4 Å². The quantitative estimate of drug-likeness (QED) is 0.333. The minimum atomic E-state index is -0.0785. The van der Waals surface area contributed by atoms with Crippen LogP contribution in [0.15, 0.2) is 53.7 Å². The molecule has 1 aromatic carbocycles. The van der Waals surface area contributed by atoms with E-state index >= 15 is 0 Å². The fourth-order valence-electron chi connectivity index (χ4n) is 2.32. The lowest BCUT2D eigenvalue weighted by Crippen LogP contribution is -2.38. The molecule has 0 spiro atoms. The first-order chi connectivity index (χ1) is 12.2. The number of carbonyl (C=O) groups is 1. The summed E-state index contributed by atoms with van der Waals surface area (Å²) in [5.74, 6) is 0.688. The first-order valence-electron chi connectivity index (χ1n) is 8.46. The average molecular weight is 467 g/mol. The van der Waals surface area contributed by atoms with Crippen LogP contribution in [0.4, 0.5) is 5.69 Å². The van der Waals surface area contributed by atoms with Gasteiger partial charge in [-0.15, -0.1) is 24.0 Å². The highest BCUT2D eigenvalue weighted by atomic mass is 127. The van der Waals surface area contributed by atoms with Gasteiger partial charge >= 0.3 is 0 Å². The largest absolute Gasteiger partial charge is 0.357 e. The Hall–Kier alpha value is -2.16. The number of carbonyl (C=O) groups excluding carboxylic acids is 1. The van der Waals surface area contributed by atoms with E-state index in [1.54, 1.807) is 6.20 Å². The molecule has 1 heterocycles. The fraction of sp³-hybridized carbons (Fsp3) is 0.316. The third-order valence-corrected chi connectivity index (χ3v) is 3.41. The van der Waals surface area contributed by atoms with E-state index < -0.39 is 0 Å². The molecular formula is C19H26IN5O. The van der Waals surface area contributed by atoms with Crippen LogP contribution in [0.5, 0.6) is 0 Å². The summed E-state index contributed by atoms with van der Waals surface area (Å²) in [4.78, 5) is 20.1. The Morgan fingerprint density at radius 1 is 1.15 bits per heavy atom. The number of hydrogen-bond donors (Lipinski definition) is 3. The molecule has 26 heavy (non-hydrogen) atoms. The Morgan fingerprint density at radius 3 is 2.69 bits per heavy atom. The van der Waals surface area contributed by atoms with Crippen LogP contribution in [0.25, 0.3) is 0 Å². The lowest BCUT2D eigenvalue weighted by molar-refractivity contribution is -0.114. The maximum atomic E-state index is 11.1. The number of hydrogen-bond acceptors (Lipinski definition) is 3. The van der Waals surface area contributed by atoms with Gasteiger partial charge < -0.3 is 16.0 Å². The molecule has 1 amide bonds. The van der Waals surface area contributed by atoms with Crippen LogP contribution >= 0.6 is 24.0 Å². The minimum absolute atomic E-state index is 0. The number of aromatic nitrogens is 1. The molecule has 7 heteroatoms. The third kappa shape index (κ3) is 8.28. The van der Waals surface area contributed by atoms with Gasteiger partial charge in [0.2, 0.25) is 5.91 Å². The molecule has 2 rings (SSSR count). The number of nitrogens with zero attached hydrogens (tertiary/aromatic N) is 2. The first-order valence-corrected chi connectivity index (χ1v) is 8.46. The highest BCUT2D eigenvalue weighted by Gasteiger charge is 2.00. The van der Waals surface area contributed by atoms with Gasteiger partial charge in [-0.3, -0.25) is 9.78 Å². The number of aliphatic imine (C=N–C) groups is 1. The Bertz CT molecular complexity index is 706. The third-order valence-electron chi connectivity index (χ3n) is 3.41. The number of anilines is 1. The zero-order valence-electron chi connectivity index (χ0n) is 15.2. The molecular weight excluding hydrogens is 441 g/mol. The van der Waals surface area contributed by atoms with Crippen LogP contribution in [0, 0.1) is 0 Å². The Balaban J connectivity index is 0.00000338. The van der Waals surface area contributed by atoms with Gasteiger partial charge in [0.1, 0.15) is 0 Å². The molecule has 2 aromatic rings. The van der Waals surface area contributed by atoms with Gasteiger partial charge in [-0.2, -0.15) is 0 Å². The minimum Gasteiger partial charge on any atom is -0.357 e. The van der Waals surface area contributed by atoms with Crippen LogP contribution < -0.4 is 16.0 Å². The molecule has 0 aliphatic carbocycles. The van der Waals surface area contributed by atoms with Gasteiger partial charge in [-0.1, -0.05) is 18.2 Å². The van der Waals surface area contributed by atoms with Crippen LogP contribution in [-0.4, -0.2) is 29.9 Å². The standard InChI is InChI=1S/C19H25N5O.HI/c1-3-20-19(22-12-10-17-8-4-5-11-21-17)23-14-16-7-6-9-18(13-16)24-15(2)25;/h4-9,11,13H,3,10,12,14H2,1-2H3,(H,24,25)(H2,20,22,23);1H. The summed E-state index contributed by atoms with van der Waals surface area (Å²) in [6.07, 6.45) is 2.64. The normalized spacial score (nSPS) is 10.6. The highest BCUT2D eigenvalue weighted by Crippen LogP contribution is 2.11. The number of rotatable bonds is 7. The summed E-state index contributed by atoms with van der Waals surface area (Å²) in [6, 6.07) is 13.6. The number of guanidine groups is 1. The molecule has 0 atom stereocenters. The second-order valence-corrected chi connectivity index (χ2v) is 5.57. The van der Waals surface area contributed by atoms with Gasteiger partial charge in [0.15, 0.2) is 5.96 Å². The first kappa shape index (κ1) is 21.9. The predicted octanol–water partition coefficient (Wildman–Crippen LogP) is 2.96. The molecule has 0 saturated carbocycles. The Labute approximate surface area is 171 Å². The molecule has 0 fully saturated rings. The summed E-state index contributed by atoms with van der Waals surface area (Å²) in [6.45, 7) is 5.62. The van der Waals surface area contributed by atoms with E-state index in [0.717, 1.165) is 42.4 Å².